The van der Waals surface area contributed by atoms with Crippen molar-refractivity contribution in [2.75, 3.05) is 13.2 Å². The molecule has 12 heteroatoms. The molecule has 0 saturated heterocycles. The molecule has 3 unspecified atom stereocenters. The predicted octanol–water partition coefficient (Wildman–Crippen LogP) is -3.39. The highest BCUT2D eigenvalue weighted by molar-refractivity contribution is 5.94. The van der Waals surface area contributed by atoms with Gasteiger partial charge in [-0.15, -0.1) is 0 Å². The summed E-state index contributed by atoms with van der Waals surface area (Å²) in [5.74, 6) is -5.74. The molecule has 0 bridgehead atoms. The molecule has 0 aromatic heterocycles. The Kier molecular flexibility index (Phi) is 9.84. The summed E-state index contributed by atoms with van der Waals surface area (Å²) >= 11 is 0. The summed E-state index contributed by atoms with van der Waals surface area (Å²) in [4.78, 5) is 57.1. The smallest absolute Gasteiger partial charge is 0.326 e. The SMILES string of the molecule is CC(C)C(NC(=O)CNC(=O)C(CC(=O)O)NC(=O)C(N)CO)C(=O)O. The van der Waals surface area contributed by atoms with Crippen molar-refractivity contribution < 1.29 is 39.3 Å². The maximum absolute atomic E-state index is 12.0. The van der Waals surface area contributed by atoms with Gasteiger partial charge in [-0.1, -0.05) is 13.8 Å². The van der Waals surface area contributed by atoms with Crippen LogP contribution in [0, 0.1) is 5.92 Å². The van der Waals surface area contributed by atoms with E-state index in [1.54, 1.807) is 13.8 Å². The van der Waals surface area contributed by atoms with Crippen LogP contribution in [0.4, 0.5) is 0 Å². The minimum absolute atomic E-state index is 0.397. The molecule has 0 heterocycles. The summed E-state index contributed by atoms with van der Waals surface area (Å²) in [6.07, 6.45) is -0.777. The van der Waals surface area contributed by atoms with E-state index < -0.39 is 73.3 Å². The van der Waals surface area contributed by atoms with Crippen molar-refractivity contribution in [3.05, 3.63) is 0 Å². The van der Waals surface area contributed by atoms with Gasteiger partial charge in [0.25, 0.3) is 0 Å². The van der Waals surface area contributed by atoms with Gasteiger partial charge in [0.1, 0.15) is 18.1 Å². The third-order valence-electron chi connectivity index (χ3n) is 3.22. The van der Waals surface area contributed by atoms with E-state index in [2.05, 4.69) is 16.0 Å². The summed E-state index contributed by atoms with van der Waals surface area (Å²) < 4.78 is 0. The Hall–Kier alpha value is -2.73. The summed E-state index contributed by atoms with van der Waals surface area (Å²) in [6, 6.07) is -4.02. The maximum atomic E-state index is 12.0. The number of carboxylic acid groups (broad SMARTS) is 2. The Balaban J connectivity index is 4.78. The first-order valence-corrected chi connectivity index (χ1v) is 7.68. The predicted molar refractivity (Wildman–Crippen MR) is 86.7 cm³/mol. The highest BCUT2D eigenvalue weighted by Gasteiger charge is 2.27. The van der Waals surface area contributed by atoms with Gasteiger partial charge >= 0.3 is 11.9 Å². The first kappa shape index (κ1) is 23.3. The molecule has 0 aliphatic heterocycles. The maximum Gasteiger partial charge on any atom is 0.326 e. The second kappa shape index (κ2) is 11.0. The Morgan fingerprint density at radius 1 is 1.00 bits per heavy atom. The quantitative estimate of drug-likeness (QED) is 0.191. The third kappa shape index (κ3) is 8.39. The second-order valence-electron chi connectivity index (χ2n) is 5.79. The highest BCUT2D eigenvalue weighted by atomic mass is 16.4. The van der Waals surface area contributed by atoms with Gasteiger partial charge in [0.2, 0.25) is 17.7 Å². The number of hydrogen-bond donors (Lipinski definition) is 7. The number of carbonyl (C=O) groups excluding carboxylic acids is 3. The molecule has 148 valence electrons. The van der Waals surface area contributed by atoms with E-state index in [1.165, 1.54) is 0 Å². The Morgan fingerprint density at radius 3 is 2.00 bits per heavy atom. The van der Waals surface area contributed by atoms with Gasteiger partial charge in [0.15, 0.2) is 0 Å². The van der Waals surface area contributed by atoms with E-state index in [9.17, 15) is 24.0 Å². The Labute approximate surface area is 149 Å². The molecular weight excluding hydrogens is 352 g/mol. The number of amides is 3. The summed E-state index contributed by atoms with van der Waals surface area (Å²) in [6.45, 7) is 1.84. The molecule has 3 amide bonds. The van der Waals surface area contributed by atoms with Gasteiger partial charge in [-0.25, -0.2) is 4.79 Å². The molecular formula is C14H24N4O8. The van der Waals surface area contributed by atoms with Crippen LogP contribution in [0.15, 0.2) is 0 Å². The topological polar surface area (TPSA) is 208 Å². The van der Waals surface area contributed by atoms with Crippen LogP contribution in [0.25, 0.3) is 0 Å². The lowest BCUT2D eigenvalue weighted by Crippen LogP contribution is -2.55. The lowest BCUT2D eigenvalue weighted by Gasteiger charge is -2.20. The van der Waals surface area contributed by atoms with Crippen LogP contribution >= 0.6 is 0 Å². The lowest BCUT2D eigenvalue weighted by molar-refractivity contribution is -0.143. The van der Waals surface area contributed by atoms with Crippen molar-refractivity contribution in [2.24, 2.45) is 11.7 Å². The number of aliphatic hydroxyl groups is 1. The molecule has 0 aromatic rings. The highest BCUT2D eigenvalue weighted by Crippen LogP contribution is 2.01. The zero-order valence-corrected chi connectivity index (χ0v) is 14.4. The normalized spacial score (nSPS) is 14.0. The van der Waals surface area contributed by atoms with Crippen LogP contribution in [0.2, 0.25) is 0 Å². The number of hydrogen-bond acceptors (Lipinski definition) is 7. The average molecular weight is 376 g/mol. The van der Waals surface area contributed by atoms with Crippen molar-refractivity contribution in [3.63, 3.8) is 0 Å². The van der Waals surface area contributed by atoms with Crippen LogP contribution < -0.4 is 21.7 Å². The summed E-state index contributed by atoms with van der Waals surface area (Å²) in [7, 11) is 0. The number of nitrogens with one attached hydrogen (secondary N) is 3. The molecule has 8 N–H and O–H groups in total. The van der Waals surface area contributed by atoms with Crippen molar-refractivity contribution in [3.8, 4) is 0 Å². The first-order valence-electron chi connectivity index (χ1n) is 7.68. The number of nitrogens with two attached hydrogens (primary N) is 1. The van der Waals surface area contributed by atoms with E-state index in [0.717, 1.165) is 0 Å². The van der Waals surface area contributed by atoms with Gasteiger partial charge in [0.05, 0.1) is 19.6 Å². The van der Waals surface area contributed by atoms with Crippen LogP contribution in [-0.2, 0) is 24.0 Å². The molecule has 0 rings (SSSR count). The van der Waals surface area contributed by atoms with Crippen molar-refractivity contribution in [1.82, 2.24) is 16.0 Å². The van der Waals surface area contributed by atoms with Gasteiger partial charge in [-0.3, -0.25) is 19.2 Å². The fraction of sp³-hybridized carbons (Fsp3) is 0.643. The fourth-order valence-electron chi connectivity index (χ4n) is 1.77. The molecule has 0 spiro atoms. The summed E-state index contributed by atoms with van der Waals surface area (Å²) in [5.41, 5.74) is 5.27. The molecule has 0 aromatic carbocycles. The zero-order valence-electron chi connectivity index (χ0n) is 14.4. The number of aliphatic hydroxyl groups excluding tert-OH is 1. The van der Waals surface area contributed by atoms with E-state index in [1.807, 2.05) is 0 Å². The van der Waals surface area contributed by atoms with Crippen LogP contribution in [0.1, 0.15) is 20.3 Å². The van der Waals surface area contributed by atoms with Crippen LogP contribution in [0.3, 0.4) is 0 Å². The molecule has 0 saturated carbocycles. The van der Waals surface area contributed by atoms with Crippen LogP contribution in [-0.4, -0.2) is 76.3 Å². The van der Waals surface area contributed by atoms with Gasteiger partial charge < -0.3 is 37.0 Å². The van der Waals surface area contributed by atoms with Gasteiger partial charge in [-0.2, -0.15) is 0 Å². The standard InChI is InChI=1S/C14H24N4O8/c1-6(2)11(14(25)26)18-9(20)4-16-13(24)8(3-10(21)22)17-12(23)7(15)5-19/h6-8,11,19H,3-5,15H2,1-2H3,(H,16,24)(H,17,23)(H,18,20)(H,21,22)(H,25,26). The Bertz CT molecular complexity index is 551. The fourth-order valence-corrected chi connectivity index (χ4v) is 1.77. The van der Waals surface area contributed by atoms with Crippen molar-refractivity contribution in [1.29, 1.82) is 0 Å². The van der Waals surface area contributed by atoms with Crippen molar-refractivity contribution >= 4 is 29.7 Å². The zero-order chi connectivity index (χ0) is 20.4. The van der Waals surface area contributed by atoms with E-state index in [0.29, 0.717) is 0 Å². The largest absolute Gasteiger partial charge is 0.481 e. The molecule has 12 nitrogen and oxygen atoms in total. The number of carboxylic acids is 2. The first-order chi connectivity index (χ1) is 12.0. The number of aliphatic carboxylic acids is 2. The van der Waals surface area contributed by atoms with Crippen LogP contribution in [0.5, 0.6) is 0 Å². The summed E-state index contributed by atoms with van der Waals surface area (Å²) in [5, 5.41) is 32.9. The third-order valence-corrected chi connectivity index (χ3v) is 3.22. The molecule has 26 heavy (non-hydrogen) atoms. The van der Waals surface area contributed by atoms with E-state index in [-0.39, 0.29) is 0 Å². The molecule has 3 atom stereocenters. The van der Waals surface area contributed by atoms with E-state index >= 15 is 0 Å². The van der Waals surface area contributed by atoms with Gasteiger partial charge in [0, 0.05) is 0 Å². The van der Waals surface area contributed by atoms with Gasteiger partial charge in [-0.05, 0) is 5.92 Å². The minimum atomic E-state index is -1.52. The minimum Gasteiger partial charge on any atom is -0.481 e. The number of rotatable bonds is 11. The monoisotopic (exact) mass is 376 g/mol. The number of carbonyl (C=O) groups is 5. The second-order valence-corrected chi connectivity index (χ2v) is 5.79. The molecule has 0 radical (unpaired) electrons. The van der Waals surface area contributed by atoms with E-state index in [4.69, 9.17) is 21.1 Å². The Morgan fingerprint density at radius 2 is 1.58 bits per heavy atom. The molecule has 0 aliphatic carbocycles. The molecule has 0 fully saturated rings. The van der Waals surface area contributed by atoms with Crippen molar-refractivity contribution in [2.45, 2.75) is 38.4 Å². The average Bonchev–Trinajstić information content (AvgIpc) is 2.54. The lowest BCUT2D eigenvalue weighted by atomic mass is 10.0. The molecule has 0 aliphatic rings.